The Kier molecular flexibility index (Phi) is 7.39. The number of hydrogen-bond donors (Lipinski definition) is 2. The van der Waals surface area contributed by atoms with Gasteiger partial charge in [0.05, 0.1) is 22.4 Å². The second kappa shape index (κ2) is 10.3. The van der Waals surface area contributed by atoms with E-state index in [1.54, 1.807) is 48.5 Å². The molecular formula is C26H34N2O4S. The van der Waals surface area contributed by atoms with Gasteiger partial charge in [0.2, 0.25) is 15.7 Å². The first-order chi connectivity index (χ1) is 15.8. The second-order valence-corrected chi connectivity index (χ2v) is 11.6. The molecule has 1 heterocycles. The molecule has 1 saturated heterocycles. The Hall–Kier alpha value is -2.38. The van der Waals surface area contributed by atoms with E-state index in [2.05, 4.69) is 10.6 Å². The third-order valence-corrected chi connectivity index (χ3v) is 8.35. The van der Waals surface area contributed by atoms with Crippen molar-refractivity contribution >= 4 is 15.7 Å². The summed E-state index contributed by atoms with van der Waals surface area (Å²) in [4.78, 5) is 13.0. The molecule has 4 rings (SSSR count). The molecule has 0 spiro atoms. The van der Waals surface area contributed by atoms with Crippen molar-refractivity contribution in [3.8, 4) is 5.75 Å². The monoisotopic (exact) mass is 470 g/mol. The number of carbonyl (C=O) groups is 1. The fourth-order valence-electron chi connectivity index (χ4n) is 4.75. The van der Waals surface area contributed by atoms with Crippen molar-refractivity contribution in [3.05, 3.63) is 54.1 Å². The van der Waals surface area contributed by atoms with E-state index >= 15 is 0 Å². The highest BCUT2D eigenvalue weighted by Gasteiger charge is 2.38. The molecule has 2 aliphatic rings. The summed E-state index contributed by atoms with van der Waals surface area (Å²) >= 11 is 0. The van der Waals surface area contributed by atoms with Gasteiger partial charge in [0, 0.05) is 12.6 Å². The molecule has 178 valence electrons. The normalized spacial score (nSPS) is 22.7. The summed E-state index contributed by atoms with van der Waals surface area (Å²) in [6, 6.07) is 13.7. The number of hydrogen-bond acceptors (Lipinski definition) is 5. The second-order valence-electron chi connectivity index (χ2n) is 9.65. The van der Waals surface area contributed by atoms with Gasteiger partial charge >= 0.3 is 0 Å². The molecule has 2 fully saturated rings. The first-order valence-corrected chi connectivity index (χ1v) is 13.4. The topological polar surface area (TPSA) is 84.5 Å². The average Bonchev–Trinajstić information content (AvgIpc) is 3.26. The van der Waals surface area contributed by atoms with E-state index in [-0.39, 0.29) is 21.7 Å². The zero-order valence-electron chi connectivity index (χ0n) is 19.4. The molecule has 1 saturated carbocycles. The third-order valence-electron chi connectivity index (χ3n) is 6.58. The van der Waals surface area contributed by atoms with Crippen LogP contribution in [-0.2, 0) is 21.2 Å². The summed E-state index contributed by atoms with van der Waals surface area (Å²) < 4.78 is 31.8. The predicted molar refractivity (Wildman–Crippen MR) is 128 cm³/mol. The number of amides is 1. The van der Waals surface area contributed by atoms with Gasteiger partial charge in [-0.25, -0.2) is 8.42 Å². The molecule has 2 aromatic carbocycles. The zero-order chi connectivity index (χ0) is 23.4. The minimum Gasteiger partial charge on any atom is -0.493 e. The maximum absolute atomic E-state index is 13.1. The van der Waals surface area contributed by atoms with Crippen LogP contribution >= 0.6 is 0 Å². The van der Waals surface area contributed by atoms with Crippen molar-refractivity contribution < 1.29 is 17.9 Å². The van der Waals surface area contributed by atoms with Gasteiger partial charge < -0.3 is 15.4 Å². The van der Waals surface area contributed by atoms with Crippen LogP contribution in [-0.4, -0.2) is 33.0 Å². The number of benzene rings is 2. The van der Waals surface area contributed by atoms with Crippen LogP contribution in [0.15, 0.2) is 58.3 Å². The van der Waals surface area contributed by atoms with Crippen LogP contribution in [0.25, 0.3) is 0 Å². The third kappa shape index (κ3) is 5.76. The number of rotatable bonds is 8. The highest BCUT2D eigenvalue weighted by molar-refractivity contribution is 7.91. The summed E-state index contributed by atoms with van der Waals surface area (Å²) in [5, 5.41) is 6.50. The first kappa shape index (κ1) is 23.8. The van der Waals surface area contributed by atoms with E-state index in [1.165, 1.54) is 19.3 Å². The van der Waals surface area contributed by atoms with Gasteiger partial charge in [0.1, 0.15) is 5.75 Å². The van der Waals surface area contributed by atoms with Crippen molar-refractivity contribution in [2.75, 3.05) is 6.61 Å². The van der Waals surface area contributed by atoms with Crippen LogP contribution in [0.2, 0.25) is 0 Å². The van der Waals surface area contributed by atoms with Gasteiger partial charge in [-0.1, -0.05) is 44.9 Å². The van der Waals surface area contributed by atoms with Gasteiger partial charge in [0.25, 0.3) is 0 Å². The lowest BCUT2D eigenvalue weighted by Crippen LogP contribution is -2.42. The van der Waals surface area contributed by atoms with E-state index in [1.807, 2.05) is 13.8 Å². The molecule has 1 aliphatic heterocycles. The van der Waals surface area contributed by atoms with Crippen molar-refractivity contribution in [1.29, 1.82) is 0 Å². The Balaban J connectivity index is 1.36. The van der Waals surface area contributed by atoms with Gasteiger partial charge in [-0.15, -0.1) is 0 Å². The SMILES string of the molecule is CC(C)COc1cccc(S(=O)(=O)c2ccc(CNC(=O)C3CC4CCCCC4N3)cc2)c1. The number of carbonyl (C=O) groups excluding carboxylic acids is 1. The van der Waals surface area contributed by atoms with E-state index in [4.69, 9.17) is 4.74 Å². The molecule has 3 atom stereocenters. The highest BCUT2D eigenvalue weighted by atomic mass is 32.2. The van der Waals surface area contributed by atoms with Crippen molar-refractivity contribution in [2.24, 2.45) is 11.8 Å². The van der Waals surface area contributed by atoms with Crippen LogP contribution in [0, 0.1) is 11.8 Å². The summed E-state index contributed by atoms with van der Waals surface area (Å²) in [5.41, 5.74) is 0.867. The standard InChI is InChI=1S/C26H34N2O4S/c1-18(2)17-32-21-7-5-8-23(15-21)33(30,31)22-12-10-19(11-13-22)16-27-26(29)25-14-20-6-3-4-9-24(20)28-25/h5,7-8,10-13,15,18,20,24-25,28H,3-4,6,9,14,16-17H2,1-2H3,(H,27,29). The fraction of sp³-hybridized carbons (Fsp3) is 0.500. The lowest BCUT2D eigenvalue weighted by Gasteiger charge is -2.24. The number of ether oxygens (including phenoxy) is 1. The molecule has 7 heteroatoms. The molecule has 0 radical (unpaired) electrons. The van der Waals surface area contributed by atoms with Crippen LogP contribution in [0.5, 0.6) is 5.75 Å². The van der Waals surface area contributed by atoms with Crippen molar-refractivity contribution in [3.63, 3.8) is 0 Å². The maximum atomic E-state index is 13.1. The van der Waals surface area contributed by atoms with Crippen LogP contribution in [0.3, 0.4) is 0 Å². The lowest BCUT2D eigenvalue weighted by molar-refractivity contribution is -0.123. The van der Waals surface area contributed by atoms with Crippen LogP contribution in [0.1, 0.15) is 51.5 Å². The molecule has 2 aromatic rings. The molecule has 2 N–H and O–H groups in total. The average molecular weight is 471 g/mol. The maximum Gasteiger partial charge on any atom is 0.237 e. The number of sulfone groups is 1. The molecule has 6 nitrogen and oxygen atoms in total. The first-order valence-electron chi connectivity index (χ1n) is 11.9. The van der Waals surface area contributed by atoms with Gasteiger partial charge in [-0.2, -0.15) is 0 Å². The van der Waals surface area contributed by atoms with Gasteiger partial charge in [0.15, 0.2) is 0 Å². The lowest BCUT2D eigenvalue weighted by atomic mass is 9.85. The molecule has 1 amide bonds. The van der Waals surface area contributed by atoms with Crippen LogP contribution < -0.4 is 15.4 Å². The Morgan fingerprint density at radius 3 is 2.58 bits per heavy atom. The van der Waals surface area contributed by atoms with Crippen molar-refractivity contribution in [2.45, 2.75) is 74.4 Å². The van der Waals surface area contributed by atoms with E-state index < -0.39 is 9.84 Å². The summed E-state index contributed by atoms with van der Waals surface area (Å²) in [7, 11) is -3.65. The fourth-order valence-corrected chi connectivity index (χ4v) is 6.05. The van der Waals surface area contributed by atoms with Gasteiger partial charge in [-0.3, -0.25) is 4.79 Å². The molecule has 0 bridgehead atoms. The van der Waals surface area contributed by atoms with Crippen molar-refractivity contribution in [1.82, 2.24) is 10.6 Å². The van der Waals surface area contributed by atoms with Crippen LogP contribution in [0.4, 0.5) is 0 Å². The smallest absolute Gasteiger partial charge is 0.237 e. The summed E-state index contributed by atoms with van der Waals surface area (Å²) in [6.45, 7) is 5.00. The quantitative estimate of drug-likeness (QED) is 0.607. The minimum atomic E-state index is -3.65. The van der Waals surface area contributed by atoms with E-state index in [9.17, 15) is 13.2 Å². The molecule has 1 aliphatic carbocycles. The summed E-state index contributed by atoms with van der Waals surface area (Å²) in [6.07, 6.45) is 5.80. The number of nitrogens with one attached hydrogen (secondary N) is 2. The molecule has 3 unspecified atom stereocenters. The Morgan fingerprint density at radius 2 is 1.85 bits per heavy atom. The minimum absolute atomic E-state index is 0.0271. The van der Waals surface area contributed by atoms with Gasteiger partial charge in [-0.05, 0) is 67.0 Å². The largest absolute Gasteiger partial charge is 0.493 e. The molecule has 0 aromatic heterocycles. The van der Waals surface area contributed by atoms with E-state index in [0.717, 1.165) is 18.4 Å². The Bertz CT molecular complexity index is 1050. The summed E-state index contributed by atoms with van der Waals surface area (Å²) in [5.74, 6) is 1.55. The molecular weight excluding hydrogens is 436 g/mol. The Labute approximate surface area is 197 Å². The zero-order valence-corrected chi connectivity index (χ0v) is 20.2. The number of fused-ring (bicyclic) bond motifs is 1. The molecule has 33 heavy (non-hydrogen) atoms. The predicted octanol–water partition coefficient (Wildman–Crippen LogP) is 4.09. The highest BCUT2D eigenvalue weighted by Crippen LogP contribution is 2.33. The van der Waals surface area contributed by atoms with E-state index in [0.29, 0.717) is 36.8 Å². The Morgan fingerprint density at radius 1 is 1.09 bits per heavy atom.